The van der Waals surface area contributed by atoms with Crippen molar-refractivity contribution in [3.8, 4) is 36.2 Å². The Hall–Kier alpha value is -4.24. The zero-order valence-electron chi connectivity index (χ0n) is 24.2. The standard InChI is InChI=1S/2C15H15FN2O.C2H6.2CH4/c2*1-3-8-18(2)9-6-11-10-13(16)15(19)14-12(11)5-4-7-17-14;1-2;;/h2*1,4-5,7,10,19H,6,8-9H2,2H3;1-2H3;2*1H4/i;;1D;;. The van der Waals surface area contributed by atoms with E-state index in [1.807, 2.05) is 36.0 Å². The van der Waals surface area contributed by atoms with E-state index >= 15 is 0 Å². The number of aromatic hydroxyl groups is 2. The van der Waals surface area contributed by atoms with Gasteiger partial charge in [-0.1, -0.05) is 52.7 Å². The van der Waals surface area contributed by atoms with Crippen LogP contribution in [0.4, 0.5) is 8.78 Å². The van der Waals surface area contributed by atoms with Gasteiger partial charge in [0, 0.05) is 37.6 Å². The van der Waals surface area contributed by atoms with E-state index in [2.05, 4.69) is 21.8 Å². The fourth-order valence-corrected chi connectivity index (χ4v) is 4.04. The third-order valence-electron chi connectivity index (χ3n) is 6.06. The summed E-state index contributed by atoms with van der Waals surface area (Å²) >= 11 is 0. The van der Waals surface area contributed by atoms with Crippen molar-refractivity contribution in [1.82, 2.24) is 19.8 Å². The Kier molecular flexibility index (Phi) is 16.2. The summed E-state index contributed by atoms with van der Waals surface area (Å²) in [6, 6.07) is 9.94. The maximum Gasteiger partial charge on any atom is 0.178 e. The predicted molar refractivity (Wildman–Crippen MR) is 172 cm³/mol. The van der Waals surface area contributed by atoms with Gasteiger partial charge in [-0.2, -0.15) is 0 Å². The number of likely N-dealkylation sites (N-methyl/N-ethyl adjacent to an activating group) is 2. The van der Waals surface area contributed by atoms with Gasteiger partial charge in [0.15, 0.2) is 23.1 Å². The smallest absolute Gasteiger partial charge is 0.178 e. The zero-order chi connectivity index (χ0) is 30.4. The van der Waals surface area contributed by atoms with Crippen LogP contribution >= 0.6 is 0 Å². The summed E-state index contributed by atoms with van der Waals surface area (Å²) in [5.41, 5.74) is 2.25. The third kappa shape index (κ3) is 9.99. The van der Waals surface area contributed by atoms with Gasteiger partial charge in [0.25, 0.3) is 0 Å². The van der Waals surface area contributed by atoms with Crippen LogP contribution in [0.25, 0.3) is 21.8 Å². The number of phenols is 2. The quantitative estimate of drug-likeness (QED) is 0.227. The minimum atomic E-state index is -0.638. The molecule has 2 heterocycles. The second-order valence-electron chi connectivity index (χ2n) is 8.92. The molecule has 2 N–H and O–H groups in total. The van der Waals surface area contributed by atoms with E-state index in [4.69, 9.17) is 14.2 Å². The molecule has 8 heteroatoms. The molecule has 0 radical (unpaired) electrons. The van der Waals surface area contributed by atoms with E-state index in [-0.39, 0.29) is 14.9 Å². The summed E-state index contributed by atoms with van der Waals surface area (Å²) < 4.78 is 33.5. The number of halogens is 2. The molecule has 42 heavy (non-hydrogen) atoms. The molecule has 0 aliphatic carbocycles. The predicted octanol–water partition coefficient (Wildman–Crippen LogP) is 6.67. The molecule has 0 atom stereocenters. The first-order valence-electron chi connectivity index (χ1n) is 13.4. The van der Waals surface area contributed by atoms with E-state index in [1.54, 1.807) is 19.1 Å². The first-order chi connectivity index (χ1) is 19.7. The van der Waals surface area contributed by atoms with Crippen LogP contribution in [-0.2, 0) is 12.8 Å². The molecule has 0 saturated heterocycles. The van der Waals surface area contributed by atoms with Crippen LogP contribution in [0.5, 0.6) is 11.5 Å². The van der Waals surface area contributed by atoms with Crippen molar-refractivity contribution in [3.63, 3.8) is 0 Å². The van der Waals surface area contributed by atoms with Crippen LogP contribution in [0, 0.1) is 36.3 Å². The fourth-order valence-electron chi connectivity index (χ4n) is 4.04. The van der Waals surface area contributed by atoms with Crippen LogP contribution in [0.3, 0.4) is 0 Å². The lowest BCUT2D eigenvalue weighted by molar-refractivity contribution is 0.380. The molecule has 0 aliphatic rings. The second-order valence-corrected chi connectivity index (χ2v) is 8.92. The summed E-state index contributed by atoms with van der Waals surface area (Å²) in [6.45, 7) is 4.84. The average Bonchev–Trinajstić information content (AvgIpc) is 2.96. The lowest BCUT2D eigenvalue weighted by Crippen LogP contribution is -2.21. The van der Waals surface area contributed by atoms with E-state index in [0.717, 1.165) is 35.0 Å². The summed E-state index contributed by atoms with van der Waals surface area (Å²) in [7, 11) is 3.83. The number of hydrogen-bond acceptors (Lipinski definition) is 6. The first-order valence-corrected chi connectivity index (χ1v) is 12.7. The number of phenolic OH excluding ortho intramolecular Hbond substituents is 2. The highest BCUT2D eigenvalue weighted by atomic mass is 19.1. The van der Waals surface area contributed by atoms with Crippen molar-refractivity contribution in [3.05, 3.63) is 71.6 Å². The zero-order valence-corrected chi connectivity index (χ0v) is 23.2. The summed E-state index contributed by atoms with van der Waals surface area (Å²) in [4.78, 5) is 12.0. The Bertz CT molecular complexity index is 1410. The minimum absolute atomic E-state index is 0. The number of benzene rings is 2. The number of aromatic nitrogens is 2. The van der Waals surface area contributed by atoms with Crippen molar-refractivity contribution in [1.29, 1.82) is 0 Å². The van der Waals surface area contributed by atoms with Crippen LogP contribution < -0.4 is 0 Å². The SMILES string of the molecule is C.C.C#CCN(C)CCc1cc(F)c(O)c2ncccc12.C#CCN(C)CCc1cc(F)c(O)c2ncccc12.[2H]CC. The van der Waals surface area contributed by atoms with Gasteiger partial charge >= 0.3 is 0 Å². The summed E-state index contributed by atoms with van der Waals surface area (Å²) in [6.07, 6.45) is 14.9. The van der Waals surface area contributed by atoms with Crippen molar-refractivity contribution < 1.29 is 20.4 Å². The fraction of sp³-hybridized carbons (Fsp3) is 0.353. The number of rotatable bonds is 8. The normalized spacial score (nSPS) is 10.3. The highest BCUT2D eigenvalue weighted by Crippen LogP contribution is 2.30. The molecular weight excluding hydrogens is 534 g/mol. The third-order valence-corrected chi connectivity index (χ3v) is 6.06. The number of terminal acetylenes is 2. The van der Waals surface area contributed by atoms with E-state index < -0.39 is 23.1 Å². The van der Waals surface area contributed by atoms with Gasteiger partial charge in [-0.15, -0.1) is 12.8 Å². The minimum Gasteiger partial charge on any atom is -0.503 e. The number of hydrogen-bond donors (Lipinski definition) is 2. The van der Waals surface area contributed by atoms with Gasteiger partial charge < -0.3 is 10.2 Å². The Labute approximate surface area is 251 Å². The Balaban J connectivity index is 0.000000721. The second kappa shape index (κ2) is 19.0. The molecule has 4 rings (SSSR count). The molecule has 2 aromatic carbocycles. The van der Waals surface area contributed by atoms with Crippen molar-refractivity contribution in [2.45, 2.75) is 41.5 Å². The molecule has 226 valence electrons. The van der Waals surface area contributed by atoms with Crippen LogP contribution in [0.15, 0.2) is 48.8 Å². The molecule has 0 spiro atoms. The van der Waals surface area contributed by atoms with Crippen molar-refractivity contribution >= 4 is 21.8 Å². The van der Waals surface area contributed by atoms with Gasteiger partial charge in [-0.25, -0.2) is 8.78 Å². The average molecular weight is 580 g/mol. The molecule has 0 bridgehead atoms. The summed E-state index contributed by atoms with van der Waals surface area (Å²) in [5, 5.41) is 20.9. The molecule has 2 aromatic heterocycles. The molecule has 0 aliphatic heterocycles. The Morgan fingerprint density at radius 1 is 0.810 bits per heavy atom. The topological polar surface area (TPSA) is 72.7 Å². The van der Waals surface area contributed by atoms with Gasteiger partial charge in [-0.3, -0.25) is 19.8 Å². The van der Waals surface area contributed by atoms with E-state index in [9.17, 15) is 19.0 Å². The molecular formula is C34H44F2N4O2. The van der Waals surface area contributed by atoms with Crippen LogP contribution in [0.1, 0.15) is 41.2 Å². The van der Waals surface area contributed by atoms with E-state index in [1.165, 1.54) is 24.5 Å². The number of nitrogens with zero attached hydrogens (tertiary/aromatic N) is 4. The van der Waals surface area contributed by atoms with Gasteiger partial charge in [0.05, 0.1) is 13.1 Å². The highest BCUT2D eigenvalue weighted by molar-refractivity contribution is 5.88. The monoisotopic (exact) mass is 579 g/mol. The van der Waals surface area contributed by atoms with Crippen molar-refractivity contribution in [2.24, 2.45) is 0 Å². The van der Waals surface area contributed by atoms with E-state index in [0.29, 0.717) is 43.9 Å². The molecule has 0 saturated carbocycles. The largest absolute Gasteiger partial charge is 0.503 e. The lowest BCUT2D eigenvalue weighted by atomic mass is 10.0. The Morgan fingerprint density at radius 3 is 1.50 bits per heavy atom. The molecule has 0 amide bonds. The Morgan fingerprint density at radius 2 is 1.17 bits per heavy atom. The molecule has 6 nitrogen and oxygen atoms in total. The van der Waals surface area contributed by atoms with Crippen LogP contribution in [0.2, 0.25) is 0 Å². The molecule has 4 aromatic rings. The lowest BCUT2D eigenvalue weighted by Gasteiger charge is -2.14. The van der Waals surface area contributed by atoms with Crippen LogP contribution in [-0.4, -0.2) is 70.3 Å². The number of pyridine rings is 2. The molecule has 0 fully saturated rings. The maximum atomic E-state index is 13.6. The van der Waals surface area contributed by atoms with Gasteiger partial charge in [-0.05, 0) is 62.3 Å². The number of fused-ring (bicyclic) bond motifs is 2. The van der Waals surface area contributed by atoms with Gasteiger partial charge in [0.1, 0.15) is 11.0 Å². The maximum absolute atomic E-state index is 13.6. The highest BCUT2D eigenvalue weighted by Gasteiger charge is 2.13. The molecule has 0 unspecified atom stereocenters. The first kappa shape index (κ1) is 35.8. The van der Waals surface area contributed by atoms with Crippen molar-refractivity contribution in [2.75, 3.05) is 40.3 Å². The van der Waals surface area contributed by atoms with Gasteiger partial charge in [0.2, 0.25) is 0 Å². The summed E-state index contributed by atoms with van der Waals surface area (Å²) in [5.74, 6) is 3.06.